The Balaban J connectivity index is 2.16. The minimum Gasteiger partial charge on any atom is -0.490 e. The van der Waals surface area contributed by atoms with E-state index in [1.165, 1.54) is 12.1 Å². The second-order valence-corrected chi connectivity index (χ2v) is 5.10. The lowest BCUT2D eigenvalue weighted by atomic mass is 10.2. The average molecular weight is 360 g/mol. The molecule has 0 aromatic heterocycles. The molecule has 7 nitrogen and oxygen atoms in total. The Morgan fingerprint density at radius 2 is 2.29 bits per heavy atom. The predicted molar refractivity (Wildman–Crippen MR) is 76.0 cm³/mol. The molecule has 8 heteroatoms. The second-order valence-electron chi connectivity index (χ2n) is 4.24. The molecule has 0 aliphatic carbocycles. The van der Waals surface area contributed by atoms with Crippen LogP contribution in [0.3, 0.4) is 0 Å². The Morgan fingerprint density at radius 1 is 1.52 bits per heavy atom. The van der Waals surface area contributed by atoms with Crippen LogP contribution in [0, 0.1) is 0 Å². The number of cyclic esters (lactones) is 1. The monoisotopic (exact) mass is 359 g/mol. The molecule has 0 radical (unpaired) electrons. The van der Waals surface area contributed by atoms with E-state index in [1.54, 1.807) is 6.92 Å². The van der Waals surface area contributed by atoms with Gasteiger partial charge in [-0.1, -0.05) is 0 Å². The van der Waals surface area contributed by atoms with Gasteiger partial charge in [0.25, 0.3) is 0 Å². The fourth-order valence-corrected chi connectivity index (χ4v) is 2.35. The predicted octanol–water partition coefficient (Wildman–Crippen LogP) is 2.03. The van der Waals surface area contributed by atoms with Crippen molar-refractivity contribution in [3.05, 3.63) is 22.2 Å². The Kier molecular flexibility index (Phi) is 4.89. The number of alkyl carbamates (subject to hydrolysis) is 1. The summed E-state index contributed by atoms with van der Waals surface area (Å²) in [5.41, 5.74) is 0.0895. The van der Waals surface area contributed by atoms with E-state index in [-0.39, 0.29) is 12.2 Å². The first kappa shape index (κ1) is 15.4. The molecule has 0 bridgehead atoms. The minimum absolute atomic E-state index is 0.0895. The number of carbonyl (C=O) groups excluding carboxylic acids is 1. The lowest BCUT2D eigenvalue weighted by Crippen LogP contribution is -2.22. The van der Waals surface area contributed by atoms with Crippen molar-refractivity contribution in [2.45, 2.75) is 13.0 Å². The summed E-state index contributed by atoms with van der Waals surface area (Å²) in [4.78, 5) is 22.0. The normalized spacial score (nSPS) is 17.0. The summed E-state index contributed by atoms with van der Waals surface area (Å²) in [6.45, 7) is 2.66. The first-order valence-electron chi connectivity index (χ1n) is 6.28. The smallest absolute Gasteiger partial charge is 0.407 e. The quantitative estimate of drug-likeness (QED) is 0.806. The van der Waals surface area contributed by atoms with E-state index in [9.17, 15) is 9.59 Å². The summed E-state index contributed by atoms with van der Waals surface area (Å²) in [6.07, 6.45) is -0.869. The van der Waals surface area contributed by atoms with Crippen molar-refractivity contribution in [3.8, 4) is 11.5 Å². The number of rotatable bonds is 6. The van der Waals surface area contributed by atoms with E-state index in [1.807, 2.05) is 0 Å². The van der Waals surface area contributed by atoms with Gasteiger partial charge >= 0.3 is 12.1 Å². The van der Waals surface area contributed by atoms with E-state index in [0.29, 0.717) is 29.1 Å². The lowest BCUT2D eigenvalue weighted by Gasteiger charge is -2.16. The van der Waals surface area contributed by atoms with Crippen LogP contribution in [0.2, 0.25) is 0 Å². The molecule has 1 aromatic carbocycles. The molecule has 0 saturated carbocycles. The largest absolute Gasteiger partial charge is 0.490 e. The Labute approximate surface area is 129 Å². The van der Waals surface area contributed by atoms with Gasteiger partial charge in [0.1, 0.15) is 6.61 Å². The molecule has 1 unspecified atom stereocenters. The fourth-order valence-electron chi connectivity index (χ4n) is 1.80. The van der Waals surface area contributed by atoms with Gasteiger partial charge in [-0.2, -0.15) is 0 Å². The van der Waals surface area contributed by atoms with Crippen molar-refractivity contribution < 1.29 is 28.9 Å². The first-order valence-corrected chi connectivity index (χ1v) is 7.07. The van der Waals surface area contributed by atoms with Gasteiger partial charge in [0.2, 0.25) is 0 Å². The van der Waals surface area contributed by atoms with Gasteiger partial charge in [-0.3, -0.25) is 0 Å². The number of amides is 1. The average Bonchev–Trinajstić information content (AvgIpc) is 2.83. The Hall–Kier alpha value is -1.96. The molecular weight excluding hydrogens is 346 g/mol. The number of nitrogens with one attached hydrogen (secondary N) is 1. The van der Waals surface area contributed by atoms with Crippen LogP contribution in [0.4, 0.5) is 4.79 Å². The molecule has 2 rings (SSSR count). The summed E-state index contributed by atoms with van der Waals surface area (Å²) < 4.78 is 16.4. The Morgan fingerprint density at radius 3 is 2.86 bits per heavy atom. The van der Waals surface area contributed by atoms with Crippen molar-refractivity contribution in [1.82, 2.24) is 5.32 Å². The van der Waals surface area contributed by atoms with E-state index in [4.69, 9.17) is 19.3 Å². The van der Waals surface area contributed by atoms with Crippen LogP contribution in [-0.2, 0) is 4.74 Å². The van der Waals surface area contributed by atoms with E-state index < -0.39 is 18.2 Å². The third-order valence-corrected chi connectivity index (χ3v) is 3.31. The van der Waals surface area contributed by atoms with Gasteiger partial charge in [0.15, 0.2) is 17.6 Å². The summed E-state index contributed by atoms with van der Waals surface area (Å²) >= 11 is 3.27. The van der Waals surface area contributed by atoms with Gasteiger partial charge in [-0.05, 0) is 35.0 Å². The molecular formula is C13H14BrNO6. The van der Waals surface area contributed by atoms with Gasteiger partial charge in [0.05, 0.1) is 23.2 Å². The minimum atomic E-state index is -1.06. The van der Waals surface area contributed by atoms with Gasteiger partial charge in [-0.25, -0.2) is 9.59 Å². The third-order valence-electron chi connectivity index (χ3n) is 2.72. The summed E-state index contributed by atoms with van der Waals surface area (Å²) in [6, 6.07) is 2.82. The van der Waals surface area contributed by atoms with E-state index in [2.05, 4.69) is 21.2 Å². The highest BCUT2D eigenvalue weighted by Gasteiger charge is 2.24. The molecule has 2 N–H and O–H groups in total. The number of hydrogen-bond acceptors (Lipinski definition) is 5. The van der Waals surface area contributed by atoms with Crippen molar-refractivity contribution in [3.63, 3.8) is 0 Å². The highest BCUT2D eigenvalue weighted by molar-refractivity contribution is 9.10. The number of ether oxygens (including phenoxy) is 3. The van der Waals surface area contributed by atoms with Crippen molar-refractivity contribution >= 4 is 28.0 Å². The van der Waals surface area contributed by atoms with Gasteiger partial charge < -0.3 is 24.6 Å². The van der Waals surface area contributed by atoms with Crippen LogP contribution in [0.15, 0.2) is 16.6 Å². The number of aromatic carboxylic acids is 1. The zero-order valence-electron chi connectivity index (χ0n) is 11.2. The van der Waals surface area contributed by atoms with Crippen LogP contribution in [-0.4, -0.2) is 43.0 Å². The number of carbonyl (C=O) groups is 2. The third kappa shape index (κ3) is 3.78. The molecule has 1 fully saturated rings. The number of halogens is 1. The second kappa shape index (κ2) is 6.66. The van der Waals surface area contributed by atoms with Crippen molar-refractivity contribution in [1.29, 1.82) is 0 Å². The summed E-state index contributed by atoms with van der Waals surface area (Å²) in [5, 5.41) is 11.6. The van der Waals surface area contributed by atoms with Gasteiger partial charge in [-0.15, -0.1) is 0 Å². The molecule has 1 heterocycles. The van der Waals surface area contributed by atoms with Gasteiger partial charge in [0, 0.05) is 0 Å². The maximum Gasteiger partial charge on any atom is 0.407 e. The molecule has 114 valence electrons. The molecule has 1 amide bonds. The molecule has 1 atom stereocenters. The van der Waals surface area contributed by atoms with Crippen LogP contribution < -0.4 is 14.8 Å². The molecule has 1 aliphatic heterocycles. The number of hydrogen-bond donors (Lipinski definition) is 2. The Bertz CT molecular complexity index is 562. The maximum atomic E-state index is 11.0. The summed E-state index contributed by atoms with van der Waals surface area (Å²) in [7, 11) is 0. The highest BCUT2D eigenvalue weighted by Crippen LogP contribution is 2.37. The molecule has 1 saturated heterocycles. The SMILES string of the molecule is CCOc1cc(C(=O)O)cc(Br)c1OCC1CNC(=O)O1. The topological polar surface area (TPSA) is 94.1 Å². The molecule has 1 aromatic rings. The maximum absolute atomic E-state index is 11.0. The van der Waals surface area contributed by atoms with E-state index >= 15 is 0 Å². The summed E-state index contributed by atoms with van der Waals surface area (Å²) in [5.74, 6) is -0.358. The van der Waals surface area contributed by atoms with Crippen molar-refractivity contribution in [2.24, 2.45) is 0 Å². The number of benzene rings is 1. The standard InChI is InChI=1S/C13H14BrNO6/c1-2-19-10-4-7(12(16)17)3-9(14)11(10)20-6-8-5-15-13(18)21-8/h3-4,8H,2,5-6H2,1H3,(H,15,18)(H,16,17). The molecule has 1 aliphatic rings. The van der Waals surface area contributed by atoms with Crippen LogP contribution in [0.5, 0.6) is 11.5 Å². The fraction of sp³-hybridized carbons (Fsp3) is 0.385. The van der Waals surface area contributed by atoms with Crippen LogP contribution in [0.1, 0.15) is 17.3 Å². The van der Waals surface area contributed by atoms with E-state index in [0.717, 1.165) is 0 Å². The number of carboxylic acid groups (broad SMARTS) is 1. The molecule has 0 spiro atoms. The van der Waals surface area contributed by atoms with Crippen LogP contribution >= 0.6 is 15.9 Å². The molecule has 21 heavy (non-hydrogen) atoms. The zero-order valence-corrected chi connectivity index (χ0v) is 12.8. The first-order chi connectivity index (χ1) is 10.0. The van der Waals surface area contributed by atoms with Crippen molar-refractivity contribution in [2.75, 3.05) is 19.8 Å². The van der Waals surface area contributed by atoms with Crippen LogP contribution in [0.25, 0.3) is 0 Å². The highest BCUT2D eigenvalue weighted by atomic mass is 79.9. The lowest BCUT2D eigenvalue weighted by molar-refractivity contribution is 0.0695. The number of carboxylic acids is 1. The zero-order chi connectivity index (χ0) is 15.4.